The second-order valence-electron chi connectivity index (χ2n) is 21.1. The van der Waals surface area contributed by atoms with Crippen LogP contribution >= 0.6 is 25.8 Å². The van der Waals surface area contributed by atoms with Gasteiger partial charge in [0.2, 0.25) is 0 Å². The maximum absolute atomic E-state index is 8.79. The van der Waals surface area contributed by atoms with Gasteiger partial charge in [0.25, 0.3) is 0 Å². The van der Waals surface area contributed by atoms with Gasteiger partial charge in [-0.2, -0.15) is 9.97 Å². The Bertz CT molecular complexity index is 5460. The molecule has 0 aliphatic carbocycles. The molecule has 1 radical (unpaired) electrons. The molecule has 1 N–H and O–H groups in total. The van der Waals surface area contributed by atoms with E-state index < -0.39 is 0 Å². The average Bonchev–Trinajstić information content (AvgIpc) is 1.63. The van der Waals surface area contributed by atoms with E-state index in [0.717, 1.165) is 37.8 Å². The largest absolute Gasteiger partial charge is 1.51 e. The predicted molar refractivity (Wildman–Crippen MR) is 362 cm³/mol. The van der Waals surface area contributed by atoms with E-state index in [2.05, 4.69) is 185 Å². The maximum atomic E-state index is 8.79. The van der Waals surface area contributed by atoms with Crippen LogP contribution < -0.4 is 4.65 Å². The highest BCUT2D eigenvalue weighted by molar-refractivity contribution is 9.10. The summed E-state index contributed by atoms with van der Waals surface area (Å²) >= 11 is 3.64. The highest BCUT2D eigenvalue weighted by Gasteiger charge is 2.21. The molecule has 0 saturated carbocycles. The van der Waals surface area contributed by atoms with Crippen molar-refractivity contribution < 1.29 is 9.68 Å². The molecule has 0 bridgehead atoms. The Labute approximate surface area is 510 Å². The molecule has 6 heterocycles. The highest BCUT2D eigenvalue weighted by atomic mass is 79.9. The summed E-state index contributed by atoms with van der Waals surface area (Å²) in [6.45, 7) is 0. The normalized spacial score (nSPS) is 11.5. The predicted octanol–water partition coefficient (Wildman–Crippen LogP) is 18.6. The van der Waals surface area contributed by atoms with Gasteiger partial charge in [-0.1, -0.05) is 253 Å². The third-order valence-corrected chi connectivity index (χ3v) is 16.7. The van der Waals surface area contributed by atoms with Gasteiger partial charge in [0.1, 0.15) is 0 Å². The quantitative estimate of drug-likeness (QED) is 0.0726. The van der Waals surface area contributed by atoms with Crippen molar-refractivity contribution in [3.63, 3.8) is 0 Å². The molecule has 0 aliphatic rings. The Morgan fingerprint density at radius 2 is 0.655 bits per heavy atom. The summed E-state index contributed by atoms with van der Waals surface area (Å²) in [6.07, 6.45) is 0. The first-order valence-corrected chi connectivity index (χ1v) is 29.0. The van der Waals surface area contributed by atoms with Crippen LogP contribution in [0, 0.1) is 0 Å². The topological polar surface area (TPSA) is 116 Å². The van der Waals surface area contributed by atoms with Crippen molar-refractivity contribution in [1.29, 1.82) is 0 Å². The Balaban J connectivity index is 0.000000118. The van der Waals surface area contributed by atoms with E-state index >= 15 is 0 Å². The van der Waals surface area contributed by atoms with Crippen LogP contribution in [0.2, 0.25) is 0 Å². The van der Waals surface area contributed by atoms with Gasteiger partial charge in [-0.3, -0.25) is 0 Å². The Morgan fingerprint density at radius 3 is 1.08 bits per heavy atom. The molecule has 87 heavy (non-hydrogen) atoms. The first kappa shape index (κ1) is 53.3. The van der Waals surface area contributed by atoms with Crippen molar-refractivity contribution >= 4 is 131 Å². The number of hydrogen-bond acceptors (Lipinski definition) is 8. The molecule has 12 aromatic carbocycles. The third kappa shape index (κ3) is 9.21. The van der Waals surface area contributed by atoms with Gasteiger partial charge in [-0.05, 0) is 51.9 Å². The fourth-order valence-corrected chi connectivity index (χ4v) is 12.8. The van der Waals surface area contributed by atoms with Gasteiger partial charge in [-0.25, -0.2) is 19.9 Å². The van der Waals surface area contributed by atoms with E-state index in [9.17, 15) is 0 Å². The number of aromatic nitrogens is 8. The minimum Gasteiger partial charge on any atom is -1.51 e. The molecule has 6 aromatic heterocycles. The van der Waals surface area contributed by atoms with Crippen LogP contribution in [0.3, 0.4) is 0 Å². The monoisotopic (exact) mass is 1200 g/mol. The molecular weight excluding hydrogens is 1150 g/mol. The molecule has 0 unspecified atom stereocenters. The number of pyridine rings is 2. The highest BCUT2D eigenvalue weighted by Crippen LogP contribution is 2.43. The van der Waals surface area contributed by atoms with E-state index in [-0.39, 0.29) is 15.9 Å². The van der Waals surface area contributed by atoms with Gasteiger partial charge in [-0.15, -0.1) is 0 Å². The molecule has 411 valence electrons. The van der Waals surface area contributed by atoms with Gasteiger partial charge in [0.15, 0.2) is 29.1 Å². The summed E-state index contributed by atoms with van der Waals surface area (Å²) in [5, 5.41) is 24.3. The SMILES string of the molecule is Brc1ccc2c3cccc4c5cccc6cccc(c65)n(c2c1)c43.O[B]Oc1nc(-c2ccccc2)nc(-c2ccccc2)n1.[PH-2].c1ccc(-c2nc(-c3ccccc3)nc(-c3ccc4c5cccc6c7cccc8cccc(c87)n(c4c3)c65)n2)cc1. The summed E-state index contributed by atoms with van der Waals surface area (Å²) in [7, 11) is 0.554. The first-order valence-electron chi connectivity index (χ1n) is 28.2. The Hall–Kier alpha value is -10.5. The van der Waals surface area contributed by atoms with Crippen molar-refractivity contribution in [2.75, 3.05) is 0 Å². The lowest BCUT2D eigenvalue weighted by Crippen LogP contribution is -2.06. The molecule has 13 heteroatoms. The molecule has 10 nitrogen and oxygen atoms in total. The molecule has 0 fully saturated rings. The standard InChI is InChI=1S/C37H22N4.C22H12BrN.C15H11BN3O2.HP/c1-3-10-24(11-4-1)35-38-36(25-12-5-2-6-13-25)40-37(39-35)26-20-21-27-29-17-9-18-30-28-16-7-14-23-15-8-19-31(33(23)28)41(34(29)30)32(27)22-26;23-14-10-11-15-17-7-3-8-18-16-6-1-4-13-5-2-9-19(21(13)16)24(22(17)18)20(15)12-14;20-16-21-15-18-13(11-7-3-1-4-8-11)17-14(19-15)12-9-5-2-6-10-12;/h1-22H;1-12H;1-10,20H;1H/q;;;-2. The lowest BCUT2D eigenvalue weighted by atomic mass is 9.99. The molecule has 0 atom stereocenters. The summed E-state index contributed by atoms with van der Waals surface area (Å²) in [5.41, 5.74) is 12.0. The first-order chi connectivity index (χ1) is 42.5. The lowest BCUT2D eigenvalue weighted by Gasteiger charge is -2.13. The van der Waals surface area contributed by atoms with Crippen LogP contribution in [-0.4, -0.2) is 51.4 Å². The van der Waals surface area contributed by atoms with Crippen LogP contribution in [0.15, 0.2) is 271 Å². The van der Waals surface area contributed by atoms with Crippen molar-refractivity contribution in [2.45, 2.75) is 0 Å². The number of rotatable bonds is 7. The molecule has 18 aromatic rings. The number of hydrogen-bond donors (Lipinski definition) is 1. The maximum Gasteiger partial charge on any atom is 0.571 e. The van der Waals surface area contributed by atoms with E-state index in [0.29, 0.717) is 36.8 Å². The van der Waals surface area contributed by atoms with Crippen molar-refractivity contribution in [2.24, 2.45) is 0 Å². The molecule has 0 saturated heterocycles. The van der Waals surface area contributed by atoms with Gasteiger partial charge in [0, 0.05) is 75.4 Å². The van der Waals surface area contributed by atoms with Crippen molar-refractivity contribution in [1.82, 2.24) is 38.7 Å². The smallest absolute Gasteiger partial charge is 0.571 e. The van der Waals surface area contributed by atoms with Gasteiger partial charge >= 0.3 is 13.7 Å². The second-order valence-corrected chi connectivity index (χ2v) is 22.0. The van der Waals surface area contributed by atoms with E-state index in [1.54, 1.807) is 0 Å². The molecule has 0 spiro atoms. The lowest BCUT2D eigenvalue weighted by molar-refractivity contribution is 0.430. The fraction of sp³-hybridized carbons (Fsp3) is 0. The van der Waals surface area contributed by atoms with E-state index in [1.807, 2.05) is 121 Å². The zero-order chi connectivity index (χ0) is 57.2. The molecule has 0 amide bonds. The Morgan fingerprint density at radius 1 is 0.310 bits per heavy atom. The summed E-state index contributed by atoms with van der Waals surface area (Å²) in [6, 6.07) is 92.2. The Kier molecular flexibility index (Phi) is 13.6. The number of halogens is 1. The number of para-hydroxylation sites is 2. The number of nitrogens with zero attached hydrogens (tertiary/aromatic N) is 8. The number of benzene rings is 12. The van der Waals surface area contributed by atoms with Crippen LogP contribution in [0.25, 0.3) is 155 Å². The summed E-state index contributed by atoms with van der Waals surface area (Å²) in [5.74, 6) is 2.96. The van der Waals surface area contributed by atoms with E-state index in [1.165, 1.54) is 92.2 Å². The van der Waals surface area contributed by atoms with E-state index in [4.69, 9.17) is 24.6 Å². The number of fused-ring (bicyclic) bond motifs is 10. The van der Waals surface area contributed by atoms with Crippen molar-refractivity contribution in [3.8, 4) is 62.9 Å². The average molecular weight is 1200 g/mol. The summed E-state index contributed by atoms with van der Waals surface area (Å²) in [4.78, 5) is 27.7. The molecule has 0 aliphatic heterocycles. The third-order valence-electron chi connectivity index (χ3n) is 16.2. The van der Waals surface area contributed by atoms with Gasteiger partial charge in [0.05, 0.1) is 33.1 Å². The van der Waals surface area contributed by atoms with Crippen molar-refractivity contribution in [3.05, 3.63) is 271 Å². The molecule has 18 rings (SSSR count). The minimum atomic E-state index is 0. The second kappa shape index (κ2) is 22.2. The minimum absolute atomic E-state index is 0. The van der Waals surface area contributed by atoms with Gasteiger partial charge < -0.3 is 28.4 Å². The van der Waals surface area contributed by atoms with Crippen LogP contribution in [0.4, 0.5) is 0 Å². The fourth-order valence-electron chi connectivity index (χ4n) is 12.5. The van der Waals surface area contributed by atoms with Crippen LogP contribution in [0.5, 0.6) is 6.01 Å². The van der Waals surface area contributed by atoms with Crippen LogP contribution in [-0.2, 0) is 0 Å². The molecular formula is C74H46BBrN8O2P-2. The summed E-state index contributed by atoms with van der Waals surface area (Å²) < 4.78 is 10.9. The zero-order valence-electron chi connectivity index (χ0n) is 46.3. The van der Waals surface area contributed by atoms with Crippen LogP contribution in [0.1, 0.15) is 0 Å². The zero-order valence-corrected chi connectivity index (χ0v) is 48.9.